The summed E-state index contributed by atoms with van der Waals surface area (Å²) in [7, 11) is 1.55. The second-order valence-electron chi connectivity index (χ2n) is 6.47. The first-order valence-corrected chi connectivity index (χ1v) is 8.35. The molecule has 0 aliphatic carbocycles. The minimum absolute atomic E-state index is 0.124. The zero-order valence-corrected chi connectivity index (χ0v) is 15.1. The molecule has 0 bridgehead atoms. The van der Waals surface area contributed by atoms with E-state index in [1.807, 2.05) is 0 Å². The minimum atomic E-state index is -0.857. The van der Waals surface area contributed by atoms with Crippen molar-refractivity contribution in [2.75, 3.05) is 5.32 Å². The van der Waals surface area contributed by atoms with Crippen LogP contribution in [-0.2, 0) is 18.3 Å². The summed E-state index contributed by atoms with van der Waals surface area (Å²) >= 11 is 0. The molecule has 8 heteroatoms. The lowest BCUT2D eigenvalue weighted by Crippen LogP contribution is -2.20. The Hall–Kier alpha value is -3.42. The highest BCUT2D eigenvalue weighted by molar-refractivity contribution is 6.12. The van der Waals surface area contributed by atoms with Crippen molar-refractivity contribution in [3.8, 4) is 0 Å². The van der Waals surface area contributed by atoms with E-state index >= 15 is 0 Å². The lowest BCUT2D eigenvalue weighted by molar-refractivity contribution is -0.141. The van der Waals surface area contributed by atoms with Crippen molar-refractivity contribution in [1.29, 1.82) is 0 Å². The normalized spacial score (nSPS) is 12.1. The number of anilines is 1. The quantitative estimate of drug-likeness (QED) is 0.713. The molecule has 8 nitrogen and oxygen atoms in total. The number of furan rings is 1. The molecule has 3 aromatic rings. The molecular weight excluding hydrogens is 350 g/mol. The zero-order valence-electron chi connectivity index (χ0n) is 15.1. The zero-order chi connectivity index (χ0) is 19.7. The highest BCUT2D eigenvalue weighted by Crippen LogP contribution is 2.22. The van der Waals surface area contributed by atoms with E-state index in [0.29, 0.717) is 17.9 Å². The van der Waals surface area contributed by atoms with E-state index in [4.69, 9.17) is 9.52 Å². The number of aryl methyl sites for hydroxylation is 2. The van der Waals surface area contributed by atoms with Gasteiger partial charge in [0.05, 0.1) is 11.5 Å². The van der Waals surface area contributed by atoms with Crippen molar-refractivity contribution in [1.82, 2.24) is 9.55 Å². The predicted octanol–water partition coefficient (Wildman–Crippen LogP) is 2.35. The standard InChI is InChI=1S/C19H19N3O5/c1-10(19(25)26)8-12-4-6-13(7-5-12)21-16(23)14-11(2)27-17-15(14)18(24)22(3)9-20-17/h4-7,9-10H,8H2,1-3H3,(H,21,23)(H,25,26). The summed E-state index contributed by atoms with van der Waals surface area (Å²) in [6.07, 6.45) is 1.74. The Morgan fingerprint density at radius 3 is 2.59 bits per heavy atom. The monoisotopic (exact) mass is 369 g/mol. The molecule has 1 unspecified atom stereocenters. The van der Waals surface area contributed by atoms with Gasteiger partial charge in [-0.1, -0.05) is 19.1 Å². The first-order valence-electron chi connectivity index (χ1n) is 8.35. The third-order valence-corrected chi connectivity index (χ3v) is 4.35. The van der Waals surface area contributed by atoms with E-state index in [1.54, 1.807) is 45.2 Å². The van der Waals surface area contributed by atoms with Crippen molar-refractivity contribution < 1.29 is 19.1 Å². The van der Waals surface area contributed by atoms with E-state index in [1.165, 1.54) is 10.9 Å². The summed E-state index contributed by atoms with van der Waals surface area (Å²) in [5.41, 5.74) is 1.30. The van der Waals surface area contributed by atoms with Crippen LogP contribution in [0.15, 0.2) is 39.8 Å². The summed E-state index contributed by atoms with van der Waals surface area (Å²) in [6, 6.07) is 6.90. The van der Waals surface area contributed by atoms with Gasteiger partial charge in [0, 0.05) is 12.7 Å². The van der Waals surface area contributed by atoms with Crippen molar-refractivity contribution in [3.63, 3.8) is 0 Å². The number of carboxylic acids is 1. The van der Waals surface area contributed by atoms with Crippen molar-refractivity contribution in [2.24, 2.45) is 13.0 Å². The van der Waals surface area contributed by atoms with Gasteiger partial charge in [-0.3, -0.25) is 14.4 Å². The van der Waals surface area contributed by atoms with Gasteiger partial charge in [-0.2, -0.15) is 0 Å². The first-order chi connectivity index (χ1) is 12.8. The number of hydrogen-bond acceptors (Lipinski definition) is 5. The second-order valence-corrected chi connectivity index (χ2v) is 6.47. The number of carbonyl (C=O) groups excluding carboxylic acids is 1. The Morgan fingerprint density at radius 2 is 1.96 bits per heavy atom. The number of fused-ring (bicyclic) bond motifs is 1. The lowest BCUT2D eigenvalue weighted by atomic mass is 10.0. The molecule has 0 saturated carbocycles. The van der Waals surface area contributed by atoms with Crippen molar-refractivity contribution >= 4 is 28.7 Å². The predicted molar refractivity (Wildman–Crippen MR) is 98.9 cm³/mol. The molecule has 3 rings (SSSR count). The summed E-state index contributed by atoms with van der Waals surface area (Å²) in [5.74, 6) is -1.51. The average Bonchev–Trinajstić information content (AvgIpc) is 2.96. The highest BCUT2D eigenvalue weighted by atomic mass is 16.4. The van der Waals surface area contributed by atoms with Crippen LogP contribution in [0.1, 0.15) is 28.6 Å². The molecule has 1 aromatic carbocycles. The van der Waals surface area contributed by atoms with Gasteiger partial charge in [0.15, 0.2) is 0 Å². The van der Waals surface area contributed by atoms with Crippen LogP contribution >= 0.6 is 0 Å². The minimum Gasteiger partial charge on any atom is -0.481 e. The Morgan fingerprint density at radius 1 is 1.30 bits per heavy atom. The number of nitrogens with one attached hydrogen (secondary N) is 1. The Labute approximate surface area is 154 Å². The Bertz CT molecular complexity index is 1080. The number of rotatable bonds is 5. The van der Waals surface area contributed by atoms with Gasteiger partial charge in [0.1, 0.15) is 17.5 Å². The number of carboxylic acid groups (broad SMARTS) is 1. The van der Waals surface area contributed by atoms with E-state index in [-0.39, 0.29) is 22.2 Å². The average molecular weight is 369 g/mol. The molecule has 27 heavy (non-hydrogen) atoms. The van der Waals surface area contributed by atoms with Gasteiger partial charge in [0.2, 0.25) is 5.71 Å². The van der Waals surface area contributed by atoms with Gasteiger partial charge in [0.25, 0.3) is 11.5 Å². The molecule has 1 atom stereocenters. The maximum absolute atomic E-state index is 12.7. The molecule has 2 heterocycles. The van der Waals surface area contributed by atoms with Gasteiger partial charge < -0.3 is 19.4 Å². The molecule has 0 radical (unpaired) electrons. The molecule has 0 aliphatic rings. The first kappa shape index (κ1) is 18.4. The van der Waals surface area contributed by atoms with Crippen molar-refractivity contribution in [3.05, 3.63) is 57.8 Å². The van der Waals surface area contributed by atoms with Gasteiger partial charge in [-0.15, -0.1) is 0 Å². The highest BCUT2D eigenvalue weighted by Gasteiger charge is 2.22. The van der Waals surface area contributed by atoms with Crippen LogP contribution in [0.3, 0.4) is 0 Å². The third-order valence-electron chi connectivity index (χ3n) is 4.35. The fourth-order valence-corrected chi connectivity index (χ4v) is 2.82. The van der Waals surface area contributed by atoms with Crippen LogP contribution in [0.25, 0.3) is 11.1 Å². The molecule has 0 aliphatic heterocycles. The number of amides is 1. The smallest absolute Gasteiger partial charge is 0.306 e. The SMILES string of the molecule is Cc1oc2ncn(C)c(=O)c2c1C(=O)Nc1ccc(CC(C)C(=O)O)cc1. The second kappa shape index (κ2) is 7.06. The number of carbonyl (C=O) groups is 2. The summed E-state index contributed by atoms with van der Waals surface area (Å²) < 4.78 is 6.72. The van der Waals surface area contributed by atoms with Crippen molar-refractivity contribution in [2.45, 2.75) is 20.3 Å². The van der Waals surface area contributed by atoms with Crippen LogP contribution in [-0.4, -0.2) is 26.5 Å². The van der Waals surface area contributed by atoms with Crippen LogP contribution in [0.4, 0.5) is 5.69 Å². The molecule has 2 aromatic heterocycles. The number of benzene rings is 1. The number of aliphatic carboxylic acids is 1. The van der Waals surface area contributed by atoms with E-state index in [9.17, 15) is 14.4 Å². The number of hydrogen-bond donors (Lipinski definition) is 2. The maximum Gasteiger partial charge on any atom is 0.306 e. The fourth-order valence-electron chi connectivity index (χ4n) is 2.82. The summed E-state index contributed by atoms with van der Waals surface area (Å²) in [5, 5.41) is 11.9. The largest absolute Gasteiger partial charge is 0.481 e. The van der Waals surface area contributed by atoms with E-state index in [0.717, 1.165) is 5.56 Å². The molecule has 140 valence electrons. The molecule has 2 N–H and O–H groups in total. The Kier molecular flexibility index (Phi) is 4.81. The molecular formula is C19H19N3O5. The van der Waals surface area contributed by atoms with Crippen LogP contribution < -0.4 is 10.9 Å². The fraction of sp³-hybridized carbons (Fsp3) is 0.263. The molecule has 0 saturated heterocycles. The van der Waals surface area contributed by atoms with E-state index in [2.05, 4.69) is 10.3 Å². The Balaban J connectivity index is 1.85. The summed E-state index contributed by atoms with van der Waals surface area (Å²) in [4.78, 5) is 40.0. The maximum atomic E-state index is 12.7. The van der Waals surface area contributed by atoms with Gasteiger partial charge >= 0.3 is 5.97 Å². The van der Waals surface area contributed by atoms with Gasteiger partial charge in [-0.05, 0) is 31.0 Å². The lowest BCUT2D eigenvalue weighted by Gasteiger charge is -2.08. The number of nitrogens with zero attached hydrogens (tertiary/aromatic N) is 2. The molecule has 0 fully saturated rings. The van der Waals surface area contributed by atoms with Crippen LogP contribution in [0, 0.1) is 12.8 Å². The topological polar surface area (TPSA) is 114 Å². The number of aromatic nitrogens is 2. The molecule has 1 amide bonds. The summed E-state index contributed by atoms with van der Waals surface area (Å²) in [6.45, 7) is 3.24. The molecule has 0 spiro atoms. The third kappa shape index (κ3) is 3.59. The van der Waals surface area contributed by atoms with E-state index < -0.39 is 17.8 Å². The van der Waals surface area contributed by atoms with Gasteiger partial charge in [-0.25, -0.2) is 4.98 Å². The van der Waals surface area contributed by atoms with Crippen LogP contribution in [0.2, 0.25) is 0 Å². The van der Waals surface area contributed by atoms with Crippen LogP contribution in [0.5, 0.6) is 0 Å².